The van der Waals surface area contributed by atoms with Gasteiger partial charge in [-0.25, -0.2) is 4.39 Å². The van der Waals surface area contributed by atoms with E-state index in [-0.39, 0.29) is 17.2 Å². The summed E-state index contributed by atoms with van der Waals surface area (Å²) in [5, 5.41) is 18.3. The second-order valence-electron chi connectivity index (χ2n) is 6.23. The first-order chi connectivity index (χ1) is 14.5. The van der Waals surface area contributed by atoms with E-state index in [9.17, 15) is 14.0 Å². The van der Waals surface area contributed by atoms with Crippen LogP contribution in [-0.2, 0) is 0 Å². The highest BCUT2D eigenvalue weighted by molar-refractivity contribution is 7.12. The van der Waals surface area contributed by atoms with Gasteiger partial charge >= 0.3 is 0 Å². The van der Waals surface area contributed by atoms with E-state index < -0.39 is 11.7 Å². The number of carbonyl (C=O) groups is 2. The molecule has 150 valence electrons. The van der Waals surface area contributed by atoms with E-state index in [0.717, 1.165) is 0 Å². The topological polar surface area (TPSA) is 102 Å². The number of nitrogens with zero attached hydrogens (tertiary/aromatic N) is 4. The number of para-hydroxylation sites is 1. The molecule has 0 saturated heterocycles. The Labute approximate surface area is 174 Å². The molecule has 0 saturated carbocycles. The van der Waals surface area contributed by atoms with Crippen molar-refractivity contribution in [3.05, 3.63) is 82.1 Å². The third kappa shape index (κ3) is 3.94. The number of halogens is 1. The lowest BCUT2D eigenvalue weighted by Crippen LogP contribution is -2.18. The summed E-state index contributed by atoms with van der Waals surface area (Å²) >= 11 is 1.29. The molecule has 0 bridgehead atoms. The van der Waals surface area contributed by atoms with E-state index in [1.165, 1.54) is 34.2 Å². The van der Waals surface area contributed by atoms with Gasteiger partial charge < -0.3 is 10.6 Å². The Morgan fingerprint density at radius 1 is 1.00 bits per heavy atom. The number of hydrogen-bond donors (Lipinski definition) is 2. The molecule has 8 nitrogen and oxygen atoms in total. The summed E-state index contributed by atoms with van der Waals surface area (Å²) in [6, 6.07) is 14.1. The summed E-state index contributed by atoms with van der Waals surface area (Å²) < 4.78 is 15.8. The molecule has 30 heavy (non-hydrogen) atoms. The highest BCUT2D eigenvalue weighted by Crippen LogP contribution is 2.23. The van der Waals surface area contributed by atoms with E-state index in [1.807, 2.05) is 0 Å². The quantitative estimate of drug-likeness (QED) is 0.511. The number of tetrazole rings is 1. The van der Waals surface area contributed by atoms with E-state index in [4.69, 9.17) is 0 Å². The Bertz CT molecular complexity index is 1220. The average Bonchev–Trinajstić information content (AvgIpc) is 3.42. The molecule has 4 aromatic rings. The largest absolute Gasteiger partial charge is 0.321 e. The van der Waals surface area contributed by atoms with E-state index in [0.29, 0.717) is 22.1 Å². The predicted octanol–water partition coefficient (Wildman–Crippen LogP) is 3.68. The zero-order valence-electron chi connectivity index (χ0n) is 15.7. The number of aromatic nitrogens is 4. The summed E-state index contributed by atoms with van der Waals surface area (Å²) in [6.45, 7) is 1.70. The molecule has 2 amide bonds. The number of carbonyl (C=O) groups excluding carboxylic acids is 2. The molecule has 0 fully saturated rings. The maximum Gasteiger partial charge on any atom is 0.265 e. The Hall–Kier alpha value is -3.92. The van der Waals surface area contributed by atoms with Crippen LogP contribution in [0.4, 0.5) is 15.8 Å². The van der Waals surface area contributed by atoms with Crippen molar-refractivity contribution in [2.24, 2.45) is 0 Å². The van der Waals surface area contributed by atoms with Crippen LogP contribution in [-0.4, -0.2) is 32.0 Å². The molecule has 0 aliphatic heterocycles. The molecular weight excluding hydrogens is 407 g/mol. The summed E-state index contributed by atoms with van der Waals surface area (Å²) in [7, 11) is 0. The van der Waals surface area contributed by atoms with Crippen LogP contribution in [0.1, 0.15) is 25.9 Å². The van der Waals surface area contributed by atoms with Gasteiger partial charge in [0.1, 0.15) is 5.82 Å². The third-order valence-electron chi connectivity index (χ3n) is 4.23. The van der Waals surface area contributed by atoms with Crippen molar-refractivity contribution in [3.63, 3.8) is 0 Å². The number of anilines is 2. The van der Waals surface area contributed by atoms with Crippen molar-refractivity contribution in [1.82, 2.24) is 20.2 Å². The van der Waals surface area contributed by atoms with Gasteiger partial charge in [-0.2, -0.15) is 4.68 Å². The van der Waals surface area contributed by atoms with Gasteiger partial charge in [0.15, 0.2) is 5.82 Å². The first-order valence-corrected chi connectivity index (χ1v) is 9.71. The lowest BCUT2D eigenvalue weighted by atomic mass is 10.1. The molecule has 0 radical (unpaired) electrons. The molecule has 2 N–H and O–H groups in total. The SMILES string of the molecule is Cc1nnnn1-c1ccc(F)c(NC(=O)c2ccccc2NC(=O)c2cccs2)c1. The number of benzene rings is 2. The van der Waals surface area contributed by atoms with Gasteiger partial charge in [-0.1, -0.05) is 18.2 Å². The summed E-state index contributed by atoms with van der Waals surface area (Å²) in [5.74, 6) is -0.993. The Morgan fingerprint density at radius 3 is 2.53 bits per heavy atom. The first kappa shape index (κ1) is 19.4. The van der Waals surface area contributed by atoms with Gasteiger partial charge in [0.25, 0.3) is 11.8 Å². The number of thiophene rings is 1. The molecule has 10 heteroatoms. The fourth-order valence-electron chi connectivity index (χ4n) is 2.78. The second kappa shape index (κ2) is 8.21. The van der Waals surface area contributed by atoms with Gasteiger partial charge in [0, 0.05) is 0 Å². The molecule has 2 heterocycles. The van der Waals surface area contributed by atoms with E-state index >= 15 is 0 Å². The number of rotatable bonds is 5. The van der Waals surface area contributed by atoms with Gasteiger partial charge in [0.05, 0.1) is 27.5 Å². The summed E-state index contributed by atoms with van der Waals surface area (Å²) in [5.41, 5.74) is 0.979. The highest BCUT2D eigenvalue weighted by atomic mass is 32.1. The number of aryl methyl sites for hydroxylation is 1. The Balaban J connectivity index is 1.59. The molecule has 0 spiro atoms. The van der Waals surface area contributed by atoms with Crippen molar-refractivity contribution >= 4 is 34.5 Å². The maximum absolute atomic E-state index is 14.3. The smallest absolute Gasteiger partial charge is 0.265 e. The normalized spacial score (nSPS) is 10.6. The van der Waals surface area contributed by atoms with Crippen LogP contribution >= 0.6 is 11.3 Å². The zero-order chi connectivity index (χ0) is 21.1. The standard InChI is InChI=1S/C20H15FN6O2S/c1-12-24-25-26-27(12)13-8-9-15(21)17(11-13)23-19(28)14-5-2-3-6-16(14)22-20(29)18-7-4-10-30-18/h2-11H,1H3,(H,22,29)(H,23,28). The van der Waals surface area contributed by atoms with Crippen molar-refractivity contribution in [1.29, 1.82) is 0 Å². The molecule has 2 aromatic carbocycles. The van der Waals surface area contributed by atoms with Crippen molar-refractivity contribution in [3.8, 4) is 5.69 Å². The van der Waals surface area contributed by atoms with E-state index in [2.05, 4.69) is 26.2 Å². The summed E-state index contributed by atoms with van der Waals surface area (Å²) in [6.07, 6.45) is 0. The van der Waals surface area contributed by atoms with Crippen molar-refractivity contribution < 1.29 is 14.0 Å². The predicted molar refractivity (Wildman–Crippen MR) is 111 cm³/mol. The molecule has 0 aliphatic rings. The monoisotopic (exact) mass is 422 g/mol. The lowest BCUT2D eigenvalue weighted by Gasteiger charge is -2.12. The van der Waals surface area contributed by atoms with Crippen LogP contribution in [0.5, 0.6) is 0 Å². The molecule has 0 atom stereocenters. The Kier molecular flexibility index (Phi) is 5.31. The molecule has 4 rings (SSSR count). The van der Waals surface area contributed by atoms with Crippen LogP contribution in [0.15, 0.2) is 60.0 Å². The van der Waals surface area contributed by atoms with Crippen LogP contribution in [0, 0.1) is 12.7 Å². The maximum atomic E-state index is 14.3. The van der Waals surface area contributed by atoms with Crippen LogP contribution in [0.25, 0.3) is 5.69 Å². The van der Waals surface area contributed by atoms with Gasteiger partial charge in [-0.05, 0) is 59.1 Å². The summed E-state index contributed by atoms with van der Waals surface area (Å²) in [4.78, 5) is 25.7. The molecular formula is C20H15FN6O2S. The minimum atomic E-state index is -0.613. The van der Waals surface area contributed by atoms with E-state index in [1.54, 1.807) is 48.7 Å². The van der Waals surface area contributed by atoms with Gasteiger partial charge in [-0.15, -0.1) is 16.4 Å². The van der Waals surface area contributed by atoms with Crippen molar-refractivity contribution in [2.45, 2.75) is 6.92 Å². The number of nitrogens with one attached hydrogen (secondary N) is 2. The second-order valence-corrected chi connectivity index (χ2v) is 7.18. The lowest BCUT2D eigenvalue weighted by molar-refractivity contribution is 0.102. The van der Waals surface area contributed by atoms with Crippen molar-refractivity contribution in [2.75, 3.05) is 10.6 Å². The Morgan fingerprint density at radius 2 is 1.80 bits per heavy atom. The molecule has 0 aliphatic carbocycles. The van der Waals surface area contributed by atoms with Crippen LogP contribution in [0.2, 0.25) is 0 Å². The number of amides is 2. The zero-order valence-corrected chi connectivity index (χ0v) is 16.5. The van der Waals surface area contributed by atoms with Gasteiger partial charge in [-0.3, -0.25) is 9.59 Å². The average molecular weight is 422 g/mol. The fraction of sp³-hybridized carbons (Fsp3) is 0.0500. The molecule has 0 unspecified atom stereocenters. The third-order valence-corrected chi connectivity index (χ3v) is 5.10. The fourth-order valence-corrected chi connectivity index (χ4v) is 3.40. The van der Waals surface area contributed by atoms with Crippen LogP contribution < -0.4 is 10.6 Å². The highest BCUT2D eigenvalue weighted by Gasteiger charge is 2.17. The first-order valence-electron chi connectivity index (χ1n) is 8.83. The van der Waals surface area contributed by atoms with Gasteiger partial charge in [0.2, 0.25) is 0 Å². The molecule has 2 aromatic heterocycles. The minimum absolute atomic E-state index is 0.0354. The van der Waals surface area contributed by atoms with Crippen LogP contribution in [0.3, 0.4) is 0 Å². The number of hydrogen-bond acceptors (Lipinski definition) is 6. The minimum Gasteiger partial charge on any atom is -0.321 e.